The maximum atomic E-state index is 13.1. The maximum Gasteiger partial charge on any atom is 0.339 e. The fourth-order valence-corrected chi connectivity index (χ4v) is 6.81. The number of carbonyl (C=O) groups excluding carboxylic acids is 2. The van der Waals surface area contributed by atoms with Crippen molar-refractivity contribution in [1.82, 2.24) is 4.90 Å². The van der Waals surface area contributed by atoms with Crippen LogP contribution >= 0.6 is 34.4 Å². The van der Waals surface area contributed by atoms with Crippen molar-refractivity contribution < 1.29 is 31.7 Å². The zero-order chi connectivity index (χ0) is 29.9. The summed E-state index contributed by atoms with van der Waals surface area (Å²) in [5.74, 6) is 0.799. The van der Waals surface area contributed by atoms with Gasteiger partial charge in [-0.1, -0.05) is 43.7 Å². The lowest BCUT2D eigenvalue weighted by atomic mass is 10.0. The monoisotopic (exact) mass is 707 g/mol. The van der Waals surface area contributed by atoms with Crippen LogP contribution in [0.5, 0.6) is 17.2 Å². The van der Waals surface area contributed by atoms with E-state index >= 15 is 0 Å². The Kier molecular flexibility index (Phi) is 9.70. The van der Waals surface area contributed by atoms with Crippen LogP contribution in [0.25, 0.3) is 6.08 Å². The maximum absolute atomic E-state index is 13.1. The quantitative estimate of drug-likeness (QED) is 0.127. The van der Waals surface area contributed by atoms with Crippen LogP contribution in [0.15, 0.2) is 64.4 Å². The molecule has 0 saturated carbocycles. The third-order valence-electron chi connectivity index (χ3n) is 6.29. The molecule has 3 aromatic rings. The molecule has 216 valence electrons. The summed E-state index contributed by atoms with van der Waals surface area (Å²) >= 11 is 2.79. The Morgan fingerprint density at radius 3 is 2.32 bits per heavy atom. The van der Waals surface area contributed by atoms with Gasteiger partial charge in [-0.25, -0.2) is 0 Å². The van der Waals surface area contributed by atoms with Gasteiger partial charge in [-0.05, 0) is 107 Å². The van der Waals surface area contributed by atoms with Gasteiger partial charge in [-0.3, -0.25) is 14.5 Å². The molecule has 0 bridgehead atoms. The first kappa shape index (κ1) is 30.9. The molecule has 0 unspecified atom stereocenters. The third kappa shape index (κ3) is 7.25. The van der Waals surface area contributed by atoms with E-state index in [-0.39, 0.29) is 45.6 Å². The van der Waals surface area contributed by atoms with Crippen molar-refractivity contribution in [2.75, 3.05) is 20.3 Å². The van der Waals surface area contributed by atoms with Gasteiger partial charge in [0.25, 0.3) is 11.1 Å². The fourth-order valence-electron chi connectivity index (χ4n) is 4.10. The molecule has 11 heteroatoms. The van der Waals surface area contributed by atoms with E-state index in [1.807, 2.05) is 54.6 Å². The molecule has 0 spiro atoms. The molecule has 4 rings (SSSR count). The molecular weight excluding hydrogens is 677 g/mol. The Balaban J connectivity index is 1.49. The van der Waals surface area contributed by atoms with E-state index < -0.39 is 16.0 Å². The van der Waals surface area contributed by atoms with Gasteiger partial charge < -0.3 is 13.7 Å². The van der Waals surface area contributed by atoms with Gasteiger partial charge in [-0.15, -0.1) is 0 Å². The molecule has 0 aliphatic carbocycles. The van der Waals surface area contributed by atoms with E-state index in [4.69, 9.17) is 13.7 Å². The second-order valence-corrected chi connectivity index (χ2v) is 13.5. The van der Waals surface area contributed by atoms with Crippen LogP contribution in [0.1, 0.15) is 42.0 Å². The van der Waals surface area contributed by atoms with E-state index in [1.54, 1.807) is 30.3 Å². The highest BCUT2D eigenvalue weighted by Crippen LogP contribution is 2.38. The molecule has 41 heavy (non-hydrogen) atoms. The van der Waals surface area contributed by atoms with Gasteiger partial charge in [0.2, 0.25) is 0 Å². The number of halogens is 1. The minimum Gasteiger partial charge on any atom is -0.493 e. The highest BCUT2D eigenvalue weighted by Gasteiger charge is 2.35. The number of hydrogen-bond acceptors (Lipinski definition) is 8. The summed E-state index contributed by atoms with van der Waals surface area (Å²) in [6, 6.07) is 15.6. The summed E-state index contributed by atoms with van der Waals surface area (Å²) in [5.41, 5.74) is 3.60. The van der Waals surface area contributed by atoms with Crippen molar-refractivity contribution in [3.8, 4) is 17.2 Å². The van der Waals surface area contributed by atoms with Crippen LogP contribution in [0.4, 0.5) is 4.79 Å². The molecule has 1 fully saturated rings. The molecule has 1 aliphatic heterocycles. The van der Waals surface area contributed by atoms with E-state index in [0.717, 1.165) is 39.1 Å². The number of carbonyl (C=O) groups is 2. The average Bonchev–Trinajstić information content (AvgIpc) is 3.17. The molecule has 8 nitrogen and oxygen atoms in total. The second kappa shape index (κ2) is 12.9. The van der Waals surface area contributed by atoms with Gasteiger partial charge in [0, 0.05) is 0 Å². The number of hydrogen-bond donors (Lipinski definition) is 0. The Morgan fingerprint density at radius 2 is 1.66 bits per heavy atom. The van der Waals surface area contributed by atoms with Gasteiger partial charge in [-0.2, -0.15) is 8.42 Å². The first-order valence-corrected chi connectivity index (χ1v) is 16.1. The lowest BCUT2D eigenvalue weighted by Crippen LogP contribution is -2.32. The Labute approximate surface area is 258 Å². The normalized spacial score (nSPS) is 14.7. The van der Waals surface area contributed by atoms with Crippen LogP contribution in [0.3, 0.4) is 0 Å². The lowest BCUT2D eigenvalue weighted by Gasteiger charge is -2.17. The number of rotatable bonds is 10. The van der Waals surface area contributed by atoms with Crippen molar-refractivity contribution in [3.05, 3.63) is 85.3 Å². The van der Waals surface area contributed by atoms with Crippen LogP contribution < -0.4 is 13.7 Å². The van der Waals surface area contributed by atoms with Crippen LogP contribution in [0.2, 0.25) is 0 Å². The Bertz CT molecular complexity index is 1620. The van der Waals surface area contributed by atoms with Crippen LogP contribution in [-0.2, 0) is 14.9 Å². The van der Waals surface area contributed by atoms with Crippen molar-refractivity contribution >= 4 is 61.7 Å². The molecule has 2 amide bonds. The van der Waals surface area contributed by atoms with E-state index in [1.165, 1.54) is 19.2 Å². The SMILES string of the molecule is COc1cc(/C=C2\SC(=O)N(CCOc3cc(C)ccc3C(C)C)C2=O)cc(I)c1OS(=O)(=O)c1ccc(C)cc1. The number of thioether (sulfide) groups is 1. The average molecular weight is 708 g/mol. The van der Waals surface area contributed by atoms with Gasteiger partial charge in [0.15, 0.2) is 11.5 Å². The number of ether oxygens (including phenoxy) is 2. The predicted molar refractivity (Wildman–Crippen MR) is 168 cm³/mol. The zero-order valence-electron chi connectivity index (χ0n) is 23.3. The van der Waals surface area contributed by atoms with E-state index in [2.05, 4.69) is 13.8 Å². The summed E-state index contributed by atoms with van der Waals surface area (Å²) < 4.78 is 43.0. The largest absolute Gasteiger partial charge is 0.493 e. The smallest absolute Gasteiger partial charge is 0.339 e. The van der Waals surface area contributed by atoms with Gasteiger partial charge >= 0.3 is 10.1 Å². The second-order valence-electron chi connectivity index (χ2n) is 9.76. The minimum atomic E-state index is -4.10. The first-order chi connectivity index (χ1) is 19.4. The number of benzene rings is 3. The summed E-state index contributed by atoms with van der Waals surface area (Å²) in [4.78, 5) is 27.2. The van der Waals surface area contributed by atoms with Crippen molar-refractivity contribution in [2.45, 2.75) is 38.5 Å². The molecule has 1 saturated heterocycles. The van der Waals surface area contributed by atoms with Crippen LogP contribution in [0, 0.1) is 17.4 Å². The van der Waals surface area contributed by atoms with Crippen molar-refractivity contribution in [3.63, 3.8) is 0 Å². The van der Waals surface area contributed by atoms with E-state index in [0.29, 0.717) is 9.13 Å². The summed E-state index contributed by atoms with van der Waals surface area (Å²) in [6.45, 7) is 8.28. The number of methoxy groups -OCH3 is 1. The molecule has 0 aromatic heterocycles. The van der Waals surface area contributed by atoms with Crippen molar-refractivity contribution in [2.24, 2.45) is 0 Å². The van der Waals surface area contributed by atoms with Crippen molar-refractivity contribution in [1.29, 1.82) is 0 Å². The fraction of sp³-hybridized carbons (Fsp3) is 0.267. The summed E-state index contributed by atoms with van der Waals surface area (Å²) in [7, 11) is -2.71. The molecule has 1 heterocycles. The van der Waals surface area contributed by atoms with Gasteiger partial charge in [0.05, 0.1) is 22.1 Å². The minimum absolute atomic E-state index is 0.0190. The zero-order valence-corrected chi connectivity index (χ0v) is 27.1. The molecule has 0 N–H and O–H groups in total. The standard InChI is InChI=1S/C30H30INO7S2/c1-18(2)23-11-8-20(4)14-25(23)38-13-12-32-29(33)27(40-30(32)34)17-21-15-24(31)28(26(16-21)37-5)39-41(35,36)22-9-6-19(3)7-10-22/h6-11,14-18H,12-13H2,1-5H3/b27-17-. The molecule has 1 aliphatic rings. The number of imide groups is 1. The third-order valence-corrected chi connectivity index (χ3v) is 9.23. The van der Waals surface area contributed by atoms with Gasteiger partial charge in [0.1, 0.15) is 17.3 Å². The molecule has 0 atom stereocenters. The topological polar surface area (TPSA) is 99.2 Å². The number of aryl methyl sites for hydroxylation is 2. The predicted octanol–water partition coefficient (Wildman–Crippen LogP) is 6.92. The summed E-state index contributed by atoms with van der Waals surface area (Å²) in [5, 5.41) is -0.385. The van der Waals surface area contributed by atoms with E-state index in [9.17, 15) is 18.0 Å². The summed E-state index contributed by atoms with van der Waals surface area (Å²) in [6.07, 6.45) is 1.58. The van der Waals surface area contributed by atoms with Crippen LogP contribution in [-0.4, -0.2) is 44.7 Å². The number of amides is 2. The Hall–Kier alpha value is -3.03. The first-order valence-electron chi connectivity index (χ1n) is 12.8. The molecular formula is C30H30INO7S2. The highest BCUT2D eigenvalue weighted by atomic mass is 127. The highest BCUT2D eigenvalue weighted by molar-refractivity contribution is 14.1. The Morgan fingerprint density at radius 1 is 0.976 bits per heavy atom. The lowest BCUT2D eigenvalue weighted by molar-refractivity contribution is -0.123. The molecule has 3 aromatic carbocycles. The molecule has 0 radical (unpaired) electrons. The number of nitrogens with zero attached hydrogens (tertiary/aromatic N) is 1.